The molecule has 0 radical (unpaired) electrons. The van der Waals surface area contributed by atoms with E-state index in [1.165, 1.54) is 0 Å². The van der Waals surface area contributed by atoms with Crippen molar-refractivity contribution in [3.05, 3.63) is 0 Å². The first kappa shape index (κ1) is 16.4. The fraction of sp³-hybridized carbons (Fsp3) is 0.933. The largest absolute Gasteiger partial charge is 0.378 e. The van der Waals surface area contributed by atoms with Crippen LogP contribution in [0, 0.1) is 5.92 Å². The summed E-state index contributed by atoms with van der Waals surface area (Å²) in [6.45, 7) is 7.82. The van der Waals surface area contributed by atoms with Gasteiger partial charge in [-0.1, -0.05) is 26.7 Å². The van der Waals surface area contributed by atoms with Gasteiger partial charge in [-0.2, -0.15) is 0 Å². The van der Waals surface area contributed by atoms with Crippen LogP contribution in [0.4, 0.5) is 0 Å². The molecule has 1 aliphatic rings. The minimum absolute atomic E-state index is 0.196. The first-order valence-corrected chi connectivity index (χ1v) is 7.73. The second-order valence-corrected chi connectivity index (χ2v) is 5.71. The van der Waals surface area contributed by atoms with E-state index in [0.29, 0.717) is 12.0 Å². The van der Waals surface area contributed by atoms with Crippen LogP contribution < -0.4 is 11.1 Å². The smallest absolute Gasteiger partial charge is 0.238 e. The molecular formula is C15H30N2O2. The second kappa shape index (κ2) is 7.85. The van der Waals surface area contributed by atoms with E-state index in [2.05, 4.69) is 19.2 Å². The van der Waals surface area contributed by atoms with Crippen molar-refractivity contribution in [2.45, 2.75) is 70.9 Å². The fourth-order valence-electron chi connectivity index (χ4n) is 3.33. The summed E-state index contributed by atoms with van der Waals surface area (Å²) in [6.07, 6.45) is 6.49. The highest BCUT2D eigenvalue weighted by Gasteiger charge is 2.46. The third kappa shape index (κ3) is 4.18. The molecule has 19 heavy (non-hydrogen) atoms. The zero-order valence-corrected chi connectivity index (χ0v) is 12.7. The van der Waals surface area contributed by atoms with Gasteiger partial charge in [0.05, 0.1) is 6.10 Å². The summed E-state index contributed by atoms with van der Waals surface area (Å²) >= 11 is 0. The monoisotopic (exact) mass is 270 g/mol. The lowest BCUT2D eigenvalue weighted by atomic mass is 9.84. The van der Waals surface area contributed by atoms with Crippen molar-refractivity contribution in [2.75, 3.05) is 13.2 Å². The Bertz CT molecular complexity index is 283. The fourth-order valence-corrected chi connectivity index (χ4v) is 3.33. The molecule has 4 nitrogen and oxygen atoms in total. The molecule has 0 aromatic heterocycles. The number of carbonyl (C=O) groups is 1. The van der Waals surface area contributed by atoms with Gasteiger partial charge in [0.25, 0.3) is 0 Å². The molecule has 112 valence electrons. The van der Waals surface area contributed by atoms with Gasteiger partial charge < -0.3 is 15.8 Å². The van der Waals surface area contributed by atoms with Crippen LogP contribution in [0.2, 0.25) is 0 Å². The van der Waals surface area contributed by atoms with Crippen LogP contribution in [0.1, 0.15) is 59.3 Å². The molecular weight excluding hydrogens is 240 g/mol. The topological polar surface area (TPSA) is 64.3 Å². The Hall–Kier alpha value is -0.610. The number of primary amides is 1. The molecule has 4 heteroatoms. The Balaban J connectivity index is 2.48. The number of hydrogen-bond acceptors (Lipinski definition) is 3. The van der Waals surface area contributed by atoms with E-state index in [1.807, 2.05) is 6.92 Å². The number of ether oxygens (including phenoxy) is 1. The Morgan fingerprint density at radius 2 is 2.26 bits per heavy atom. The van der Waals surface area contributed by atoms with Gasteiger partial charge in [-0.25, -0.2) is 0 Å². The molecule has 1 amide bonds. The van der Waals surface area contributed by atoms with Crippen LogP contribution in [0.3, 0.4) is 0 Å². The van der Waals surface area contributed by atoms with Crippen molar-refractivity contribution >= 4 is 5.91 Å². The number of rotatable bonds is 9. The molecule has 0 saturated heterocycles. The summed E-state index contributed by atoms with van der Waals surface area (Å²) in [5.41, 5.74) is 5.15. The second-order valence-electron chi connectivity index (χ2n) is 5.71. The van der Waals surface area contributed by atoms with Crippen LogP contribution in [-0.4, -0.2) is 30.7 Å². The van der Waals surface area contributed by atoms with Gasteiger partial charge in [0.2, 0.25) is 5.91 Å². The average molecular weight is 270 g/mol. The molecule has 3 N–H and O–H groups in total. The number of carbonyl (C=O) groups excluding carboxylic acids is 1. The molecule has 1 aliphatic carbocycles. The number of amides is 1. The van der Waals surface area contributed by atoms with Gasteiger partial charge in [-0.05, 0) is 45.1 Å². The van der Waals surface area contributed by atoms with Gasteiger partial charge in [-0.3, -0.25) is 4.79 Å². The zero-order chi connectivity index (χ0) is 14.3. The van der Waals surface area contributed by atoms with E-state index in [0.717, 1.165) is 51.7 Å². The highest BCUT2D eigenvalue weighted by Crippen LogP contribution is 2.37. The van der Waals surface area contributed by atoms with E-state index >= 15 is 0 Å². The first-order valence-electron chi connectivity index (χ1n) is 7.73. The molecule has 1 saturated carbocycles. The zero-order valence-electron chi connectivity index (χ0n) is 12.7. The Morgan fingerprint density at radius 1 is 1.53 bits per heavy atom. The predicted molar refractivity (Wildman–Crippen MR) is 77.9 cm³/mol. The van der Waals surface area contributed by atoms with Crippen LogP contribution in [0.15, 0.2) is 0 Å². The maximum atomic E-state index is 11.8. The molecule has 3 unspecified atom stereocenters. The van der Waals surface area contributed by atoms with Crippen LogP contribution in [0.5, 0.6) is 0 Å². The summed E-state index contributed by atoms with van der Waals surface area (Å²) in [4.78, 5) is 11.8. The van der Waals surface area contributed by atoms with Gasteiger partial charge in [0.1, 0.15) is 5.54 Å². The minimum Gasteiger partial charge on any atom is -0.378 e. The number of hydrogen-bond donors (Lipinski definition) is 2. The highest BCUT2D eigenvalue weighted by atomic mass is 16.5. The van der Waals surface area contributed by atoms with E-state index in [1.54, 1.807) is 0 Å². The van der Waals surface area contributed by atoms with Crippen LogP contribution >= 0.6 is 0 Å². The first-order chi connectivity index (χ1) is 9.06. The van der Waals surface area contributed by atoms with Crippen molar-refractivity contribution < 1.29 is 9.53 Å². The Morgan fingerprint density at radius 3 is 2.84 bits per heavy atom. The summed E-state index contributed by atoms with van der Waals surface area (Å²) in [7, 11) is 0. The van der Waals surface area contributed by atoms with Crippen molar-refractivity contribution in [1.82, 2.24) is 5.32 Å². The summed E-state index contributed by atoms with van der Waals surface area (Å²) in [5, 5.41) is 3.34. The van der Waals surface area contributed by atoms with E-state index in [4.69, 9.17) is 10.5 Å². The van der Waals surface area contributed by atoms with Crippen LogP contribution in [-0.2, 0) is 9.53 Å². The normalized spacial score (nSPS) is 28.5. The molecule has 0 heterocycles. The van der Waals surface area contributed by atoms with Gasteiger partial charge >= 0.3 is 0 Å². The molecule has 1 rings (SSSR count). The SMILES string of the molecule is CCCC(C)OCCC1CCCC1(NCC)C(N)=O. The summed E-state index contributed by atoms with van der Waals surface area (Å²) in [6, 6.07) is 0. The van der Waals surface area contributed by atoms with Crippen molar-refractivity contribution in [3.8, 4) is 0 Å². The van der Waals surface area contributed by atoms with Gasteiger partial charge in [0.15, 0.2) is 0 Å². The number of nitrogens with one attached hydrogen (secondary N) is 1. The lowest BCUT2D eigenvalue weighted by Crippen LogP contribution is -2.58. The molecule has 3 atom stereocenters. The predicted octanol–water partition coefficient (Wildman–Crippen LogP) is 2.22. The molecule has 0 spiro atoms. The molecule has 0 aromatic carbocycles. The lowest BCUT2D eigenvalue weighted by molar-refractivity contribution is -0.126. The minimum atomic E-state index is -0.494. The van der Waals surface area contributed by atoms with Crippen molar-refractivity contribution in [2.24, 2.45) is 11.7 Å². The average Bonchev–Trinajstić information content (AvgIpc) is 2.74. The number of nitrogens with two attached hydrogens (primary N) is 1. The third-order valence-corrected chi connectivity index (χ3v) is 4.32. The summed E-state index contributed by atoms with van der Waals surface area (Å²) < 4.78 is 5.82. The highest BCUT2D eigenvalue weighted by molar-refractivity contribution is 5.85. The maximum absolute atomic E-state index is 11.8. The van der Waals surface area contributed by atoms with Gasteiger partial charge in [0, 0.05) is 6.61 Å². The molecule has 1 fully saturated rings. The number of likely N-dealkylation sites (N-methyl/N-ethyl adjacent to an activating group) is 1. The maximum Gasteiger partial charge on any atom is 0.238 e. The van der Waals surface area contributed by atoms with E-state index in [-0.39, 0.29) is 5.91 Å². The Kier molecular flexibility index (Phi) is 6.80. The summed E-state index contributed by atoms with van der Waals surface area (Å²) in [5.74, 6) is 0.122. The quantitative estimate of drug-likeness (QED) is 0.675. The lowest BCUT2D eigenvalue weighted by Gasteiger charge is -2.33. The Labute approximate surface area is 117 Å². The standard InChI is InChI=1S/C15H30N2O2/c1-4-7-12(3)19-11-9-13-8-6-10-15(13,14(16)18)17-5-2/h12-13,17H,4-11H2,1-3H3,(H2,16,18). The van der Waals surface area contributed by atoms with Crippen molar-refractivity contribution in [1.29, 1.82) is 0 Å². The van der Waals surface area contributed by atoms with E-state index in [9.17, 15) is 4.79 Å². The molecule has 0 aliphatic heterocycles. The van der Waals surface area contributed by atoms with Gasteiger partial charge in [-0.15, -0.1) is 0 Å². The third-order valence-electron chi connectivity index (χ3n) is 4.32. The molecule has 0 bridgehead atoms. The molecule has 0 aromatic rings. The van der Waals surface area contributed by atoms with Crippen molar-refractivity contribution in [3.63, 3.8) is 0 Å². The van der Waals surface area contributed by atoms with Crippen LogP contribution in [0.25, 0.3) is 0 Å². The van der Waals surface area contributed by atoms with E-state index < -0.39 is 5.54 Å².